The van der Waals surface area contributed by atoms with Crippen LogP contribution >= 0.6 is 11.3 Å². The van der Waals surface area contributed by atoms with E-state index in [9.17, 15) is 0 Å². The first-order chi connectivity index (χ1) is 56.5. The van der Waals surface area contributed by atoms with Crippen LogP contribution in [-0.4, -0.2) is 18.3 Å². The number of rotatable bonds is 12. The van der Waals surface area contributed by atoms with Crippen molar-refractivity contribution in [3.8, 4) is 78.4 Å². The highest BCUT2D eigenvalue weighted by atomic mass is 32.1. The molecular formula is C108H71N5S. The Balaban J connectivity index is 0.000000139. The van der Waals surface area contributed by atoms with E-state index in [4.69, 9.17) is 0 Å². The predicted molar refractivity (Wildman–Crippen MR) is 485 cm³/mol. The lowest BCUT2D eigenvalue weighted by molar-refractivity contribution is 1.18. The quantitative estimate of drug-likeness (QED) is 0.120. The Morgan fingerprint density at radius 1 is 0.149 bits per heavy atom. The van der Waals surface area contributed by atoms with Gasteiger partial charge >= 0.3 is 0 Å². The van der Waals surface area contributed by atoms with Crippen LogP contribution in [0.3, 0.4) is 0 Å². The molecule has 5 heterocycles. The van der Waals surface area contributed by atoms with Crippen LogP contribution in [0.25, 0.3) is 186 Å². The Hall–Kier alpha value is -14.8. The van der Waals surface area contributed by atoms with E-state index in [1.165, 1.54) is 180 Å². The zero-order chi connectivity index (χ0) is 75.2. The van der Waals surface area contributed by atoms with Gasteiger partial charge in [0, 0.05) is 103 Å². The molecule has 0 saturated heterocycles. The lowest BCUT2D eigenvalue weighted by Crippen LogP contribution is -2.09. The first kappa shape index (κ1) is 66.2. The van der Waals surface area contributed by atoms with Crippen molar-refractivity contribution in [2.75, 3.05) is 4.90 Å². The van der Waals surface area contributed by atoms with Gasteiger partial charge in [-0.1, -0.05) is 255 Å². The van der Waals surface area contributed by atoms with Crippen molar-refractivity contribution in [3.63, 3.8) is 0 Å². The van der Waals surface area contributed by atoms with Crippen LogP contribution in [0.4, 0.5) is 17.1 Å². The van der Waals surface area contributed by atoms with Crippen molar-refractivity contribution in [1.82, 2.24) is 18.3 Å². The van der Waals surface area contributed by atoms with Gasteiger partial charge < -0.3 is 23.2 Å². The number of hydrogen-bond acceptors (Lipinski definition) is 2. The monoisotopic (exact) mass is 1470 g/mol. The molecule has 6 heteroatoms. The summed E-state index contributed by atoms with van der Waals surface area (Å²) in [5.74, 6) is 0. The molecule has 0 unspecified atom stereocenters. The maximum Gasteiger partial charge on any atom is 0.0541 e. The van der Waals surface area contributed by atoms with Crippen molar-refractivity contribution >= 4 is 136 Å². The molecule has 534 valence electrons. The summed E-state index contributed by atoms with van der Waals surface area (Å²) in [5, 5.41) is 12.6. The maximum absolute atomic E-state index is 2.42. The third-order valence-corrected chi connectivity index (χ3v) is 24.2. The molecule has 114 heavy (non-hydrogen) atoms. The number of benzene rings is 18. The van der Waals surface area contributed by atoms with E-state index in [0.29, 0.717) is 0 Å². The minimum Gasteiger partial charge on any atom is -0.311 e. The average molecular weight is 1470 g/mol. The molecule has 0 spiro atoms. The predicted octanol–water partition coefficient (Wildman–Crippen LogP) is 29.9. The summed E-state index contributed by atoms with van der Waals surface area (Å²) in [6.07, 6.45) is 0. The largest absolute Gasteiger partial charge is 0.311 e. The fraction of sp³-hybridized carbons (Fsp3) is 0. The Bertz CT molecular complexity index is 7310. The number of hydrogen-bond donors (Lipinski definition) is 0. The van der Waals surface area contributed by atoms with Crippen LogP contribution < -0.4 is 4.90 Å². The van der Waals surface area contributed by atoms with Gasteiger partial charge in [-0.25, -0.2) is 0 Å². The van der Waals surface area contributed by atoms with Gasteiger partial charge in [0.15, 0.2) is 0 Å². The highest BCUT2D eigenvalue weighted by Crippen LogP contribution is 2.45. The summed E-state index contributed by atoms with van der Waals surface area (Å²) in [4.78, 5) is 2.34. The zero-order valence-corrected chi connectivity index (χ0v) is 63.0. The second-order valence-corrected chi connectivity index (χ2v) is 30.6. The van der Waals surface area contributed by atoms with Crippen molar-refractivity contribution in [2.45, 2.75) is 0 Å². The summed E-state index contributed by atoms with van der Waals surface area (Å²) in [7, 11) is 0. The Labute approximate surface area is 663 Å². The molecule has 0 bridgehead atoms. The molecule has 0 aliphatic carbocycles. The summed E-state index contributed by atoms with van der Waals surface area (Å²) < 4.78 is 12.2. The van der Waals surface area contributed by atoms with Crippen LogP contribution in [-0.2, 0) is 0 Å². The number of aromatic nitrogens is 4. The molecule has 5 nitrogen and oxygen atoms in total. The van der Waals surface area contributed by atoms with Gasteiger partial charge in [-0.05, 0) is 232 Å². The van der Waals surface area contributed by atoms with Crippen LogP contribution in [0.2, 0.25) is 0 Å². The van der Waals surface area contributed by atoms with Gasteiger partial charge in [0.2, 0.25) is 0 Å². The topological polar surface area (TPSA) is 23.0 Å². The fourth-order valence-electron chi connectivity index (χ4n) is 17.7. The number of nitrogens with zero attached hydrogens (tertiary/aromatic N) is 5. The minimum atomic E-state index is 1.10. The average Bonchev–Trinajstić information content (AvgIpc) is 1.53. The molecule has 23 aromatic rings. The first-order valence-electron chi connectivity index (χ1n) is 39.0. The minimum absolute atomic E-state index is 1.10. The summed E-state index contributed by atoms with van der Waals surface area (Å²) >= 11 is 1.86. The number of thiophene rings is 1. The molecule has 0 saturated carbocycles. The SMILES string of the molecule is c1ccc(-c2ccc(N(c3ccc(-c4ccccc4)cc3)c3ccc(-c4ccc5c(c4)c4ccccc4n5-c4ccc5sc6ccccc6c5c4)cc3)cc2)cc1.c1ccc(-n2c3ccccc3c3cc(-c4ccc5c(c4)c4cc(-c6ccc7c(c6)c6ccccc6n7-c6ccccc6)ccc4n5-c4ccccc4)ccc32)cc1. The highest BCUT2D eigenvalue weighted by molar-refractivity contribution is 7.25. The molecular weight excluding hydrogens is 1400 g/mol. The van der Waals surface area contributed by atoms with Gasteiger partial charge in [-0.15, -0.1) is 11.3 Å². The van der Waals surface area contributed by atoms with Crippen molar-refractivity contribution < 1.29 is 0 Å². The summed E-state index contributed by atoms with van der Waals surface area (Å²) in [6.45, 7) is 0. The van der Waals surface area contributed by atoms with Crippen LogP contribution in [0.15, 0.2) is 431 Å². The van der Waals surface area contributed by atoms with E-state index in [1.54, 1.807) is 0 Å². The Morgan fingerprint density at radius 2 is 0.395 bits per heavy atom. The van der Waals surface area contributed by atoms with E-state index in [2.05, 4.69) is 454 Å². The molecule has 0 radical (unpaired) electrons. The van der Waals surface area contributed by atoms with Gasteiger partial charge in [-0.2, -0.15) is 0 Å². The third-order valence-electron chi connectivity index (χ3n) is 23.0. The second-order valence-electron chi connectivity index (χ2n) is 29.5. The standard InChI is InChI=1S/C54H35N3.C54H36N2S/c1-4-14-40(15-5-1)55-49-22-12-10-20-43(49)45-32-36(24-28-51(45)55)38-26-30-53-47(34-38)48-35-39(27-31-54(48)57(53)42-18-8-3-9-19-42)37-25-29-52-46(33-37)44-21-11-13-23-50(44)56(52)41-16-6-2-7-17-41;1-3-11-37(12-4-1)39-19-26-43(27-20-39)55(44-28-21-40(22-29-44)38-13-5-2-6-14-38)45-30-23-41(24-31-45)42-25-33-52-49(35-42)47-15-7-9-17-51(47)56(52)46-32-34-54-50(36-46)48-16-8-10-18-53(48)57-54/h1-35H;1-36H. The van der Waals surface area contributed by atoms with Gasteiger partial charge in [-0.3, -0.25) is 0 Å². The molecule has 5 aromatic heterocycles. The van der Waals surface area contributed by atoms with Crippen molar-refractivity contribution in [2.24, 2.45) is 0 Å². The van der Waals surface area contributed by atoms with Gasteiger partial charge in [0.05, 0.1) is 44.1 Å². The van der Waals surface area contributed by atoms with Crippen molar-refractivity contribution in [1.29, 1.82) is 0 Å². The van der Waals surface area contributed by atoms with Crippen LogP contribution in [0.1, 0.15) is 0 Å². The fourth-order valence-corrected chi connectivity index (χ4v) is 18.7. The molecule has 0 aliphatic rings. The van der Waals surface area contributed by atoms with E-state index in [-0.39, 0.29) is 0 Å². The first-order valence-corrected chi connectivity index (χ1v) is 39.8. The van der Waals surface area contributed by atoms with E-state index < -0.39 is 0 Å². The van der Waals surface area contributed by atoms with Crippen molar-refractivity contribution in [3.05, 3.63) is 431 Å². The normalized spacial score (nSPS) is 11.7. The number of anilines is 3. The molecule has 0 amide bonds. The highest BCUT2D eigenvalue weighted by Gasteiger charge is 2.22. The third kappa shape index (κ3) is 11.4. The van der Waals surface area contributed by atoms with E-state index in [1.807, 2.05) is 11.3 Å². The molecule has 0 atom stereocenters. The van der Waals surface area contributed by atoms with E-state index in [0.717, 1.165) is 22.7 Å². The molecule has 18 aromatic carbocycles. The van der Waals surface area contributed by atoms with Gasteiger partial charge in [0.1, 0.15) is 0 Å². The van der Waals surface area contributed by atoms with E-state index >= 15 is 0 Å². The Morgan fingerprint density at radius 3 is 0.754 bits per heavy atom. The number of para-hydroxylation sites is 6. The lowest BCUT2D eigenvalue weighted by atomic mass is 9.98. The zero-order valence-electron chi connectivity index (χ0n) is 62.1. The number of fused-ring (bicyclic) bond motifs is 15. The maximum atomic E-state index is 2.42. The molecule has 0 fully saturated rings. The lowest BCUT2D eigenvalue weighted by Gasteiger charge is -2.26. The molecule has 23 rings (SSSR count). The second kappa shape index (κ2) is 27.6. The molecule has 0 N–H and O–H groups in total. The Kier molecular flexibility index (Phi) is 16.0. The van der Waals surface area contributed by atoms with Crippen LogP contribution in [0.5, 0.6) is 0 Å². The summed E-state index contributed by atoms with van der Waals surface area (Å²) in [5.41, 5.74) is 29.7. The van der Waals surface area contributed by atoms with Crippen LogP contribution in [0, 0.1) is 0 Å². The summed E-state index contributed by atoms with van der Waals surface area (Å²) in [6, 6.07) is 157. The molecule has 0 aliphatic heterocycles. The van der Waals surface area contributed by atoms with Gasteiger partial charge in [0.25, 0.3) is 0 Å². The smallest absolute Gasteiger partial charge is 0.0541 e.